The van der Waals surface area contributed by atoms with Crippen molar-refractivity contribution in [3.63, 3.8) is 0 Å². The fourth-order valence-electron chi connectivity index (χ4n) is 2.29. The molecule has 0 bridgehead atoms. The number of H-pyrrole nitrogens is 1. The molecule has 0 spiro atoms. The topological polar surface area (TPSA) is 113 Å². The van der Waals surface area contributed by atoms with Gasteiger partial charge in [-0.3, -0.25) is 5.10 Å². The fraction of sp³-hybridized carbons (Fsp3) is 0.111. The highest BCUT2D eigenvalue weighted by atomic mass is 32.1. The van der Waals surface area contributed by atoms with E-state index in [1.807, 2.05) is 42.5 Å². The standard InChI is InChI=1S/C16H13N5OS.C2HF3O2/c1-22-13-4-2-3-10(8-13)15-20-21-16(23-15)18-12-5-6-14-11(7-12)9-17-19-14;3-2(4,5)1(6)7/h2-9H,1H3,(H,17,19)(H,18,21);(H,6,7). The zero-order valence-electron chi connectivity index (χ0n) is 15.3. The summed E-state index contributed by atoms with van der Waals surface area (Å²) >= 11 is 1.50. The molecule has 0 saturated heterocycles. The Hall–Kier alpha value is -3.67. The van der Waals surface area contributed by atoms with Gasteiger partial charge in [0.15, 0.2) is 0 Å². The summed E-state index contributed by atoms with van der Waals surface area (Å²) in [6.45, 7) is 0. The van der Waals surface area contributed by atoms with Crippen molar-refractivity contribution in [2.45, 2.75) is 6.18 Å². The molecule has 2 aromatic carbocycles. The van der Waals surface area contributed by atoms with Gasteiger partial charge in [0.25, 0.3) is 0 Å². The lowest BCUT2D eigenvalue weighted by atomic mass is 10.2. The SMILES string of the molecule is COc1cccc(-c2nnc(Nc3ccc4[nH]ncc4c3)s2)c1.O=C(O)C(F)(F)F. The van der Waals surface area contributed by atoms with E-state index in [1.54, 1.807) is 13.3 Å². The number of nitrogens with one attached hydrogen (secondary N) is 2. The second kappa shape index (κ2) is 8.78. The maximum atomic E-state index is 10.6. The third-order valence-corrected chi connectivity index (χ3v) is 4.56. The Morgan fingerprint density at radius 1 is 1.20 bits per heavy atom. The number of fused-ring (bicyclic) bond motifs is 1. The Morgan fingerprint density at radius 2 is 1.97 bits per heavy atom. The van der Waals surface area contributed by atoms with Crippen LogP contribution < -0.4 is 10.1 Å². The smallest absolute Gasteiger partial charge is 0.490 e. The number of benzene rings is 2. The number of hydrogen-bond donors (Lipinski definition) is 3. The molecule has 3 N–H and O–H groups in total. The van der Waals surface area contributed by atoms with E-state index < -0.39 is 12.1 Å². The van der Waals surface area contributed by atoms with Crippen LogP contribution in [0.4, 0.5) is 24.0 Å². The van der Waals surface area contributed by atoms with Gasteiger partial charge >= 0.3 is 12.1 Å². The monoisotopic (exact) mass is 437 g/mol. The van der Waals surface area contributed by atoms with Crippen LogP contribution in [-0.4, -0.2) is 44.8 Å². The van der Waals surface area contributed by atoms with E-state index in [1.165, 1.54) is 11.3 Å². The van der Waals surface area contributed by atoms with E-state index in [0.29, 0.717) is 0 Å². The number of aromatic nitrogens is 4. The van der Waals surface area contributed by atoms with Crippen LogP contribution in [0.1, 0.15) is 0 Å². The summed E-state index contributed by atoms with van der Waals surface area (Å²) in [7, 11) is 1.65. The molecule has 0 amide bonds. The van der Waals surface area contributed by atoms with E-state index in [2.05, 4.69) is 25.7 Å². The van der Waals surface area contributed by atoms with Crippen molar-refractivity contribution >= 4 is 39.0 Å². The summed E-state index contributed by atoms with van der Waals surface area (Å²) in [4.78, 5) is 8.90. The number of anilines is 2. The van der Waals surface area contributed by atoms with E-state index in [9.17, 15) is 13.2 Å². The van der Waals surface area contributed by atoms with E-state index in [0.717, 1.165) is 38.0 Å². The van der Waals surface area contributed by atoms with Gasteiger partial charge < -0.3 is 15.2 Å². The van der Waals surface area contributed by atoms with E-state index in [4.69, 9.17) is 14.6 Å². The van der Waals surface area contributed by atoms with Crippen LogP contribution in [0.15, 0.2) is 48.7 Å². The molecule has 2 aromatic heterocycles. The highest BCUT2D eigenvalue weighted by molar-refractivity contribution is 7.18. The average molecular weight is 437 g/mol. The number of hydrogen-bond acceptors (Lipinski definition) is 7. The van der Waals surface area contributed by atoms with Crippen LogP contribution in [0.3, 0.4) is 0 Å². The van der Waals surface area contributed by atoms with Crippen LogP contribution in [0.2, 0.25) is 0 Å². The lowest BCUT2D eigenvalue weighted by Crippen LogP contribution is -2.21. The minimum Gasteiger partial charge on any atom is -0.497 e. The highest BCUT2D eigenvalue weighted by Gasteiger charge is 2.38. The number of carboxylic acid groups (broad SMARTS) is 1. The molecule has 0 aliphatic heterocycles. The van der Waals surface area contributed by atoms with E-state index >= 15 is 0 Å². The zero-order chi connectivity index (χ0) is 21.7. The predicted octanol–water partition coefficient (Wildman–Crippen LogP) is 4.47. The summed E-state index contributed by atoms with van der Waals surface area (Å²) in [6, 6.07) is 13.8. The molecule has 30 heavy (non-hydrogen) atoms. The quantitative estimate of drug-likeness (QED) is 0.432. The lowest BCUT2D eigenvalue weighted by molar-refractivity contribution is -0.192. The van der Waals surface area contributed by atoms with Gasteiger partial charge in [0.1, 0.15) is 10.8 Å². The van der Waals surface area contributed by atoms with Gasteiger partial charge in [-0.1, -0.05) is 23.5 Å². The second-order valence-corrected chi connectivity index (χ2v) is 6.72. The molecule has 0 fully saturated rings. The molecule has 0 aliphatic carbocycles. The number of nitrogens with zero attached hydrogens (tertiary/aromatic N) is 3. The zero-order valence-corrected chi connectivity index (χ0v) is 16.1. The van der Waals surface area contributed by atoms with Gasteiger partial charge in [-0.25, -0.2) is 4.79 Å². The molecule has 4 aromatic rings. The van der Waals surface area contributed by atoms with Gasteiger partial charge in [0.2, 0.25) is 5.13 Å². The number of aliphatic carboxylic acids is 1. The third kappa shape index (κ3) is 5.23. The van der Waals surface area contributed by atoms with Crippen LogP contribution in [-0.2, 0) is 4.79 Å². The molecule has 8 nitrogen and oxygen atoms in total. The summed E-state index contributed by atoms with van der Waals surface area (Å²) in [5, 5.41) is 28.4. The van der Waals surface area contributed by atoms with Gasteiger partial charge in [-0.2, -0.15) is 18.3 Å². The number of rotatable bonds is 4. The summed E-state index contributed by atoms with van der Waals surface area (Å²) in [5.41, 5.74) is 2.94. The maximum absolute atomic E-state index is 10.6. The first-order chi connectivity index (χ1) is 14.3. The second-order valence-electron chi connectivity index (χ2n) is 5.74. The molecule has 12 heteroatoms. The molecule has 0 radical (unpaired) electrons. The molecule has 156 valence electrons. The van der Waals surface area contributed by atoms with Crippen LogP contribution in [0, 0.1) is 0 Å². The van der Waals surface area contributed by atoms with Gasteiger partial charge in [0.05, 0.1) is 18.8 Å². The number of aromatic amines is 1. The molecular weight excluding hydrogens is 423 g/mol. The Kier molecular flexibility index (Phi) is 6.16. The molecular formula is C18H14F3N5O3S. The summed E-state index contributed by atoms with van der Waals surface area (Å²) in [6.07, 6.45) is -3.29. The number of ether oxygens (including phenoxy) is 1. The lowest BCUT2D eigenvalue weighted by Gasteiger charge is -2.01. The summed E-state index contributed by atoms with van der Waals surface area (Å²) in [5.74, 6) is -1.95. The van der Waals surface area contributed by atoms with Crippen LogP contribution in [0.25, 0.3) is 21.5 Å². The molecule has 2 heterocycles. The predicted molar refractivity (Wildman–Crippen MR) is 105 cm³/mol. The minimum absolute atomic E-state index is 0.741. The van der Waals surface area contributed by atoms with Crippen molar-refractivity contribution in [3.05, 3.63) is 48.7 Å². The van der Waals surface area contributed by atoms with Crippen LogP contribution >= 0.6 is 11.3 Å². The number of halogens is 3. The van der Waals surface area contributed by atoms with Crippen molar-refractivity contribution in [1.82, 2.24) is 20.4 Å². The Labute approximate surface area is 171 Å². The molecule has 0 saturated carbocycles. The van der Waals surface area contributed by atoms with Gasteiger partial charge in [0, 0.05) is 16.6 Å². The Bertz CT molecular complexity index is 1160. The number of alkyl halides is 3. The van der Waals surface area contributed by atoms with Crippen molar-refractivity contribution < 1.29 is 27.8 Å². The normalized spacial score (nSPS) is 10.9. The molecule has 0 aliphatic rings. The number of methoxy groups -OCH3 is 1. The Balaban J connectivity index is 0.000000318. The number of carbonyl (C=O) groups is 1. The highest BCUT2D eigenvalue weighted by Crippen LogP contribution is 2.30. The number of carboxylic acids is 1. The summed E-state index contributed by atoms with van der Waals surface area (Å²) < 4.78 is 37.0. The van der Waals surface area contributed by atoms with Crippen molar-refractivity contribution in [1.29, 1.82) is 0 Å². The molecule has 0 atom stereocenters. The van der Waals surface area contributed by atoms with Crippen molar-refractivity contribution in [2.24, 2.45) is 0 Å². The van der Waals surface area contributed by atoms with E-state index in [-0.39, 0.29) is 0 Å². The fourth-order valence-corrected chi connectivity index (χ4v) is 3.05. The molecule has 0 unspecified atom stereocenters. The van der Waals surface area contributed by atoms with Gasteiger partial charge in [-0.15, -0.1) is 10.2 Å². The first-order valence-electron chi connectivity index (χ1n) is 8.24. The average Bonchev–Trinajstić information content (AvgIpc) is 3.37. The maximum Gasteiger partial charge on any atom is 0.490 e. The minimum atomic E-state index is -5.08. The first-order valence-corrected chi connectivity index (χ1v) is 9.06. The molecule has 4 rings (SSSR count). The first kappa shape index (κ1) is 21.0. The van der Waals surface area contributed by atoms with Crippen LogP contribution in [0.5, 0.6) is 5.75 Å². The van der Waals surface area contributed by atoms with Crippen molar-refractivity contribution in [2.75, 3.05) is 12.4 Å². The largest absolute Gasteiger partial charge is 0.497 e. The van der Waals surface area contributed by atoms with Gasteiger partial charge in [-0.05, 0) is 30.3 Å². The Morgan fingerprint density at radius 3 is 2.67 bits per heavy atom. The van der Waals surface area contributed by atoms with Crippen molar-refractivity contribution in [3.8, 4) is 16.3 Å². The third-order valence-electron chi connectivity index (χ3n) is 3.68.